The van der Waals surface area contributed by atoms with Gasteiger partial charge in [0, 0.05) is 13.0 Å². The number of hydrogen-bond donors (Lipinski definition) is 1. The Morgan fingerprint density at radius 2 is 2.20 bits per heavy atom. The lowest BCUT2D eigenvalue weighted by Gasteiger charge is -2.17. The van der Waals surface area contributed by atoms with Crippen LogP contribution in [0.4, 0.5) is 15.2 Å². The van der Waals surface area contributed by atoms with Crippen LogP contribution in [0.1, 0.15) is 17.7 Å². The first-order valence-electron chi connectivity index (χ1n) is 7.78. The molecule has 0 bridgehead atoms. The number of aryl methyl sites for hydroxylation is 2. The van der Waals surface area contributed by atoms with Crippen LogP contribution in [0.25, 0.3) is 0 Å². The summed E-state index contributed by atoms with van der Waals surface area (Å²) in [6.45, 7) is 3.84. The third-order valence-electron chi connectivity index (χ3n) is 4.06. The minimum atomic E-state index is -0.518. The first-order chi connectivity index (χ1) is 11.9. The number of rotatable bonds is 4. The van der Waals surface area contributed by atoms with E-state index in [9.17, 15) is 14.0 Å². The van der Waals surface area contributed by atoms with Crippen molar-refractivity contribution in [1.82, 2.24) is 4.98 Å². The van der Waals surface area contributed by atoms with E-state index in [1.165, 1.54) is 22.3 Å². The molecule has 132 valence electrons. The maximum Gasteiger partial charge on any atom is 0.231 e. The number of thiazole rings is 1. The van der Waals surface area contributed by atoms with Gasteiger partial charge in [-0.1, -0.05) is 17.4 Å². The van der Waals surface area contributed by atoms with E-state index in [-0.39, 0.29) is 30.5 Å². The lowest BCUT2D eigenvalue weighted by atomic mass is 10.1. The van der Waals surface area contributed by atoms with Crippen molar-refractivity contribution in [2.45, 2.75) is 24.5 Å². The first kappa shape index (κ1) is 17.9. The van der Waals surface area contributed by atoms with Crippen molar-refractivity contribution in [2.24, 2.45) is 5.92 Å². The zero-order valence-corrected chi connectivity index (χ0v) is 15.8. The van der Waals surface area contributed by atoms with E-state index < -0.39 is 11.7 Å². The van der Waals surface area contributed by atoms with Crippen LogP contribution < -0.4 is 10.2 Å². The van der Waals surface area contributed by atoms with Crippen LogP contribution in [0.3, 0.4) is 0 Å². The second kappa shape index (κ2) is 7.13. The number of aromatic nitrogens is 1. The molecular formula is C17H18FN3O2S2. The number of carbonyl (C=O) groups is 2. The van der Waals surface area contributed by atoms with Crippen molar-refractivity contribution in [1.29, 1.82) is 0 Å². The Bertz CT molecular complexity index is 837. The normalized spacial score (nSPS) is 17.2. The molecule has 1 aromatic carbocycles. The Morgan fingerprint density at radius 3 is 2.84 bits per heavy atom. The zero-order valence-electron chi connectivity index (χ0n) is 14.1. The number of anilines is 2. The summed E-state index contributed by atoms with van der Waals surface area (Å²) < 4.78 is 15.2. The summed E-state index contributed by atoms with van der Waals surface area (Å²) in [5.41, 5.74) is 1.88. The maximum absolute atomic E-state index is 14.1. The molecule has 2 heterocycles. The van der Waals surface area contributed by atoms with Crippen LogP contribution in [0.5, 0.6) is 0 Å². The number of thioether (sulfide) groups is 1. The van der Waals surface area contributed by atoms with Gasteiger partial charge in [-0.2, -0.15) is 0 Å². The van der Waals surface area contributed by atoms with Crippen LogP contribution in [0, 0.1) is 25.6 Å². The van der Waals surface area contributed by atoms with E-state index in [2.05, 4.69) is 10.3 Å². The fourth-order valence-corrected chi connectivity index (χ4v) is 4.39. The van der Waals surface area contributed by atoms with Crippen molar-refractivity contribution < 1.29 is 14.0 Å². The molecule has 2 amide bonds. The standard InChI is InChI=1S/C17H18FN3O2S2/c1-9-4-5-13(12(18)6-9)21-8-11(7-14(21)22)15(23)20-17-19-10(2)16(24-3)25-17/h4-6,11H,7-8H2,1-3H3,(H,19,20,23). The smallest absolute Gasteiger partial charge is 0.231 e. The third kappa shape index (κ3) is 3.69. The summed E-state index contributed by atoms with van der Waals surface area (Å²) in [7, 11) is 0. The lowest BCUT2D eigenvalue weighted by molar-refractivity contribution is -0.122. The Hall–Kier alpha value is -1.93. The molecule has 1 aliphatic heterocycles. The molecule has 0 aliphatic carbocycles. The highest BCUT2D eigenvalue weighted by Crippen LogP contribution is 2.32. The van der Waals surface area contributed by atoms with Crippen LogP contribution >= 0.6 is 23.1 Å². The van der Waals surface area contributed by atoms with Crippen LogP contribution in [-0.2, 0) is 9.59 Å². The summed E-state index contributed by atoms with van der Waals surface area (Å²) in [5.74, 6) is -1.47. The molecule has 0 spiro atoms. The molecule has 25 heavy (non-hydrogen) atoms. The molecule has 1 atom stereocenters. The molecule has 0 radical (unpaired) electrons. The summed E-state index contributed by atoms with van der Waals surface area (Å²) >= 11 is 2.99. The predicted octanol–water partition coefficient (Wildman–Crippen LogP) is 3.61. The number of halogens is 1. The maximum atomic E-state index is 14.1. The van der Waals surface area contributed by atoms with Gasteiger partial charge in [-0.25, -0.2) is 9.37 Å². The van der Waals surface area contributed by atoms with Crippen LogP contribution in [-0.4, -0.2) is 29.6 Å². The van der Waals surface area contributed by atoms with E-state index in [0.717, 1.165) is 15.5 Å². The van der Waals surface area contributed by atoms with Crippen molar-refractivity contribution >= 4 is 45.7 Å². The minimum Gasteiger partial charge on any atom is -0.309 e. The quantitative estimate of drug-likeness (QED) is 0.825. The topological polar surface area (TPSA) is 62.3 Å². The molecule has 5 nitrogen and oxygen atoms in total. The highest BCUT2D eigenvalue weighted by Gasteiger charge is 2.36. The second-order valence-corrected chi connectivity index (χ2v) is 8.02. The Morgan fingerprint density at radius 1 is 1.44 bits per heavy atom. The zero-order chi connectivity index (χ0) is 18.1. The molecule has 8 heteroatoms. The monoisotopic (exact) mass is 379 g/mol. The third-order valence-corrected chi connectivity index (χ3v) is 6.34. The van der Waals surface area contributed by atoms with E-state index in [0.29, 0.717) is 5.13 Å². The second-order valence-electron chi connectivity index (χ2n) is 5.95. The van der Waals surface area contributed by atoms with Gasteiger partial charge in [0.05, 0.1) is 21.5 Å². The molecule has 1 fully saturated rings. The Labute approximate surface area is 153 Å². The summed E-state index contributed by atoms with van der Waals surface area (Å²) in [4.78, 5) is 30.4. The summed E-state index contributed by atoms with van der Waals surface area (Å²) in [6, 6.07) is 4.72. The summed E-state index contributed by atoms with van der Waals surface area (Å²) in [6.07, 6.45) is 2.02. The van der Waals surface area contributed by atoms with Crippen molar-refractivity contribution in [3.63, 3.8) is 0 Å². The average molecular weight is 379 g/mol. The van der Waals surface area contributed by atoms with Gasteiger partial charge in [-0.3, -0.25) is 9.59 Å². The Balaban J connectivity index is 1.72. The number of carbonyl (C=O) groups excluding carboxylic acids is 2. The molecule has 2 aromatic rings. The van der Waals surface area contributed by atoms with E-state index in [1.807, 2.05) is 13.2 Å². The number of nitrogens with zero attached hydrogens (tertiary/aromatic N) is 2. The molecule has 1 aliphatic rings. The molecule has 0 saturated carbocycles. The highest BCUT2D eigenvalue weighted by atomic mass is 32.2. The van der Waals surface area contributed by atoms with Crippen molar-refractivity contribution in [3.8, 4) is 0 Å². The molecule has 1 aromatic heterocycles. The van der Waals surface area contributed by atoms with Gasteiger partial charge >= 0.3 is 0 Å². The summed E-state index contributed by atoms with van der Waals surface area (Å²) in [5, 5.41) is 3.31. The SMILES string of the molecule is CSc1sc(NC(=O)C2CC(=O)N(c3ccc(C)cc3F)C2)nc1C. The van der Waals surface area contributed by atoms with Gasteiger partial charge < -0.3 is 10.2 Å². The van der Waals surface area contributed by atoms with Crippen molar-refractivity contribution in [3.05, 3.63) is 35.3 Å². The van der Waals surface area contributed by atoms with E-state index in [1.54, 1.807) is 30.8 Å². The van der Waals surface area contributed by atoms with E-state index >= 15 is 0 Å². The van der Waals surface area contributed by atoms with Gasteiger partial charge in [0.25, 0.3) is 0 Å². The van der Waals surface area contributed by atoms with Gasteiger partial charge in [-0.05, 0) is 37.8 Å². The van der Waals surface area contributed by atoms with Gasteiger partial charge in [0.2, 0.25) is 11.8 Å². The molecular weight excluding hydrogens is 361 g/mol. The van der Waals surface area contributed by atoms with E-state index in [4.69, 9.17) is 0 Å². The minimum absolute atomic E-state index is 0.0683. The number of benzene rings is 1. The molecule has 1 unspecified atom stereocenters. The van der Waals surface area contributed by atoms with Gasteiger partial charge in [0.1, 0.15) is 5.82 Å². The van der Waals surface area contributed by atoms with Crippen LogP contribution in [0.2, 0.25) is 0 Å². The molecule has 1 N–H and O–H groups in total. The highest BCUT2D eigenvalue weighted by molar-refractivity contribution is 8.00. The fourth-order valence-electron chi connectivity index (χ4n) is 2.78. The largest absolute Gasteiger partial charge is 0.309 e. The first-order valence-corrected chi connectivity index (χ1v) is 9.82. The molecule has 3 rings (SSSR count). The molecule has 1 saturated heterocycles. The fraction of sp³-hybridized carbons (Fsp3) is 0.353. The lowest BCUT2D eigenvalue weighted by Crippen LogP contribution is -2.28. The number of nitrogens with one attached hydrogen (secondary N) is 1. The van der Waals surface area contributed by atoms with Crippen LogP contribution in [0.15, 0.2) is 22.4 Å². The number of hydrogen-bond acceptors (Lipinski definition) is 5. The number of amides is 2. The van der Waals surface area contributed by atoms with Gasteiger partial charge in [0.15, 0.2) is 5.13 Å². The average Bonchev–Trinajstić information content (AvgIpc) is 3.10. The Kier molecular flexibility index (Phi) is 5.10. The van der Waals surface area contributed by atoms with Gasteiger partial charge in [-0.15, -0.1) is 11.8 Å². The predicted molar refractivity (Wildman–Crippen MR) is 98.9 cm³/mol. The van der Waals surface area contributed by atoms with Crippen molar-refractivity contribution in [2.75, 3.05) is 23.0 Å².